The fourth-order valence-electron chi connectivity index (χ4n) is 1.66. The van der Waals surface area contributed by atoms with Crippen LogP contribution in [0.5, 0.6) is 0 Å². The predicted octanol–water partition coefficient (Wildman–Crippen LogP) is 1.06. The van der Waals surface area contributed by atoms with Crippen LogP contribution in [0.3, 0.4) is 0 Å². The number of hydrogen-bond donors (Lipinski definition) is 1. The molecule has 0 spiro atoms. The lowest BCUT2D eigenvalue weighted by Crippen LogP contribution is -2.52. The fraction of sp³-hybridized carbons (Fsp3) is 0.300. The summed E-state index contributed by atoms with van der Waals surface area (Å²) in [7, 11) is 2.01. The van der Waals surface area contributed by atoms with Crippen LogP contribution in [0.4, 0.5) is 5.69 Å². The Morgan fingerprint density at radius 3 is 2.54 bits per heavy atom. The molecule has 1 N–H and O–H groups in total. The number of amides is 1. The molecule has 1 amide bonds. The quantitative estimate of drug-likeness (QED) is 0.638. The van der Waals surface area contributed by atoms with Crippen LogP contribution in [0.25, 0.3) is 0 Å². The monoisotopic (exact) mass is 177 g/mol. The normalized spacial score (nSPS) is 27.3. The first-order valence-electron chi connectivity index (χ1n) is 4.43. The van der Waals surface area contributed by atoms with Gasteiger partial charge in [0.25, 0.3) is 5.91 Å². The second kappa shape index (κ2) is 2.85. The van der Waals surface area contributed by atoms with Gasteiger partial charge in [-0.05, 0) is 0 Å². The first-order chi connectivity index (χ1) is 6.21. The maximum Gasteiger partial charge on any atom is 0.271 e. The lowest BCUT2D eigenvalue weighted by molar-refractivity contribution is -0.120. The molecule has 1 atom stereocenters. The van der Waals surface area contributed by atoms with Crippen LogP contribution in [0, 0.1) is 0 Å². The Morgan fingerprint density at radius 2 is 2.00 bits per heavy atom. The van der Waals surface area contributed by atoms with Gasteiger partial charge in [0.1, 0.15) is 6.54 Å². The second-order valence-electron chi connectivity index (χ2n) is 3.54. The Kier molecular flexibility index (Phi) is 1.81. The molecule has 3 nitrogen and oxygen atoms in total. The third kappa shape index (κ3) is 1.42. The van der Waals surface area contributed by atoms with Gasteiger partial charge in [0.05, 0.1) is 13.5 Å². The summed E-state index contributed by atoms with van der Waals surface area (Å²) in [5, 5.41) is 0. The Morgan fingerprint density at radius 1 is 1.31 bits per heavy atom. The minimum absolute atomic E-state index is 0.131. The van der Waals surface area contributed by atoms with Crippen molar-refractivity contribution >= 4 is 11.6 Å². The number of nitrogens with one attached hydrogen (secondary N) is 1. The Balaban J connectivity index is 2.31. The number of carbonyl (C=O) groups is 1. The number of carbonyl (C=O) groups excluding carboxylic acids is 1. The van der Waals surface area contributed by atoms with Crippen LogP contribution in [0.1, 0.15) is 6.42 Å². The van der Waals surface area contributed by atoms with Gasteiger partial charge in [-0.25, -0.2) is 0 Å². The third-order valence-electron chi connectivity index (χ3n) is 2.48. The van der Waals surface area contributed by atoms with Gasteiger partial charge in [-0.1, -0.05) is 18.2 Å². The summed E-state index contributed by atoms with van der Waals surface area (Å²) in [6.45, 7) is 0.836. The highest BCUT2D eigenvalue weighted by Gasteiger charge is 2.34. The number of quaternary nitrogens is 1. The Hall–Kier alpha value is -1.35. The van der Waals surface area contributed by atoms with Crippen molar-refractivity contribution in [3.63, 3.8) is 0 Å². The summed E-state index contributed by atoms with van der Waals surface area (Å²) in [6.07, 6.45) is 0.616. The molecule has 1 aromatic carbocycles. The number of nitrogens with zero attached hydrogens (tertiary/aromatic N) is 1. The van der Waals surface area contributed by atoms with Gasteiger partial charge in [-0.3, -0.25) is 4.79 Å². The molecule has 0 bridgehead atoms. The van der Waals surface area contributed by atoms with Gasteiger partial charge < -0.3 is 0 Å². The van der Waals surface area contributed by atoms with Gasteiger partial charge in [-0.2, -0.15) is 10.0 Å². The molecule has 2 rings (SSSR count). The summed E-state index contributed by atoms with van der Waals surface area (Å²) >= 11 is 0. The number of rotatable bonds is 1. The van der Waals surface area contributed by atoms with Crippen LogP contribution in [0.2, 0.25) is 0 Å². The smallest absolute Gasteiger partial charge is 0.270 e. The minimum atomic E-state index is 0.131. The maximum atomic E-state index is 11.1. The van der Waals surface area contributed by atoms with Crippen LogP contribution >= 0.6 is 0 Å². The molecular weight excluding hydrogens is 164 g/mol. The molecule has 1 aliphatic rings. The molecule has 1 aliphatic heterocycles. The van der Waals surface area contributed by atoms with Crippen LogP contribution < -0.4 is 10.0 Å². The first-order valence-corrected chi connectivity index (χ1v) is 4.43. The average molecular weight is 177 g/mol. The molecule has 0 radical (unpaired) electrons. The molecule has 0 unspecified atom stereocenters. The zero-order valence-electron chi connectivity index (χ0n) is 7.66. The second-order valence-corrected chi connectivity index (χ2v) is 3.54. The standard InChI is InChI=1S/C10H12N2O/c1-12(8-7-10(13)11-12)9-5-3-2-4-6-9/h2-6H,7-8H2,1H3/p+1/t12-/m0/s1. The minimum Gasteiger partial charge on any atom is -0.270 e. The molecule has 0 aliphatic carbocycles. The van der Waals surface area contributed by atoms with Crippen molar-refractivity contribution in [2.45, 2.75) is 6.42 Å². The number of para-hydroxylation sites is 1. The summed E-state index contributed by atoms with van der Waals surface area (Å²) in [6, 6.07) is 10.0. The van der Waals surface area contributed by atoms with Gasteiger partial charge in [0.15, 0.2) is 5.69 Å². The highest BCUT2D eigenvalue weighted by atomic mass is 16.2. The van der Waals surface area contributed by atoms with Crippen molar-refractivity contribution < 1.29 is 4.79 Å². The van der Waals surface area contributed by atoms with E-state index in [1.807, 2.05) is 37.4 Å². The van der Waals surface area contributed by atoms with Gasteiger partial charge >= 0.3 is 0 Å². The molecule has 0 aromatic heterocycles. The van der Waals surface area contributed by atoms with E-state index >= 15 is 0 Å². The number of hydrogen-bond acceptors (Lipinski definition) is 1. The predicted molar refractivity (Wildman–Crippen MR) is 51.8 cm³/mol. The molecule has 1 heterocycles. The summed E-state index contributed by atoms with van der Waals surface area (Å²) < 4.78 is 0.527. The van der Waals surface area contributed by atoms with Crippen molar-refractivity contribution in [1.82, 2.24) is 10.0 Å². The third-order valence-corrected chi connectivity index (χ3v) is 2.48. The molecule has 1 aromatic rings. The molecule has 0 saturated carbocycles. The largest absolute Gasteiger partial charge is 0.271 e. The highest BCUT2D eigenvalue weighted by Crippen LogP contribution is 2.21. The maximum absolute atomic E-state index is 11.1. The zero-order chi connectivity index (χ0) is 9.31. The van der Waals surface area contributed by atoms with Crippen molar-refractivity contribution in [3.05, 3.63) is 30.3 Å². The molecule has 13 heavy (non-hydrogen) atoms. The van der Waals surface area contributed by atoms with E-state index < -0.39 is 0 Å². The van der Waals surface area contributed by atoms with Crippen molar-refractivity contribution in [2.24, 2.45) is 0 Å². The lowest BCUT2D eigenvalue weighted by Gasteiger charge is -2.26. The van der Waals surface area contributed by atoms with Crippen LogP contribution in [-0.2, 0) is 4.79 Å². The van der Waals surface area contributed by atoms with E-state index in [1.54, 1.807) is 0 Å². The lowest BCUT2D eigenvalue weighted by atomic mass is 10.3. The Bertz CT molecular complexity index is 323. The molecule has 1 saturated heterocycles. The van der Waals surface area contributed by atoms with E-state index in [4.69, 9.17) is 0 Å². The van der Waals surface area contributed by atoms with Gasteiger partial charge in [-0.15, -0.1) is 0 Å². The summed E-state index contributed by atoms with van der Waals surface area (Å²) in [4.78, 5) is 11.1. The van der Waals surface area contributed by atoms with Crippen molar-refractivity contribution in [3.8, 4) is 0 Å². The molecular formula is C10H13N2O+. The topological polar surface area (TPSA) is 29.1 Å². The van der Waals surface area contributed by atoms with Gasteiger partial charge in [0, 0.05) is 12.1 Å². The van der Waals surface area contributed by atoms with E-state index in [0.717, 1.165) is 12.2 Å². The van der Waals surface area contributed by atoms with Crippen molar-refractivity contribution in [2.75, 3.05) is 13.6 Å². The van der Waals surface area contributed by atoms with E-state index in [0.29, 0.717) is 11.0 Å². The highest BCUT2D eigenvalue weighted by molar-refractivity contribution is 5.80. The SMILES string of the molecule is C[N@@+]1(c2ccccc2)CCC(=O)N1. The number of benzene rings is 1. The van der Waals surface area contributed by atoms with E-state index in [-0.39, 0.29) is 5.91 Å². The first kappa shape index (κ1) is 8.26. The molecule has 68 valence electrons. The zero-order valence-corrected chi connectivity index (χ0v) is 7.66. The summed E-state index contributed by atoms with van der Waals surface area (Å²) in [5.74, 6) is 0.131. The average Bonchev–Trinajstić information content (AvgIpc) is 2.49. The van der Waals surface area contributed by atoms with E-state index in [9.17, 15) is 4.79 Å². The molecule has 1 fully saturated rings. The van der Waals surface area contributed by atoms with E-state index in [2.05, 4.69) is 5.43 Å². The van der Waals surface area contributed by atoms with Crippen molar-refractivity contribution in [1.29, 1.82) is 0 Å². The fourth-order valence-corrected chi connectivity index (χ4v) is 1.66. The molecule has 3 heteroatoms. The Labute approximate surface area is 77.5 Å². The van der Waals surface area contributed by atoms with Gasteiger partial charge in [0.2, 0.25) is 0 Å². The summed E-state index contributed by atoms with van der Waals surface area (Å²) in [5.41, 5.74) is 4.08. The van der Waals surface area contributed by atoms with Crippen LogP contribution in [-0.4, -0.2) is 19.5 Å². The van der Waals surface area contributed by atoms with Crippen LogP contribution in [0.15, 0.2) is 30.3 Å². The van der Waals surface area contributed by atoms with E-state index in [1.165, 1.54) is 0 Å².